The Morgan fingerprint density at radius 1 is 1.11 bits per heavy atom. The van der Waals surface area contributed by atoms with Gasteiger partial charge in [-0.2, -0.15) is 0 Å². The van der Waals surface area contributed by atoms with Gasteiger partial charge in [0.25, 0.3) is 0 Å². The molecule has 6 nitrogen and oxygen atoms in total. The highest BCUT2D eigenvalue weighted by molar-refractivity contribution is 7.91. The Labute approximate surface area is 162 Å². The number of benzene rings is 1. The van der Waals surface area contributed by atoms with Crippen LogP contribution in [0.15, 0.2) is 36.4 Å². The molecule has 1 N–H and O–H groups in total. The fourth-order valence-electron chi connectivity index (χ4n) is 3.39. The minimum atomic E-state index is -2.94. The maximum Gasteiger partial charge on any atom is 0.163 e. The lowest BCUT2D eigenvalue weighted by Gasteiger charge is -2.24. The lowest BCUT2D eigenvalue weighted by Crippen LogP contribution is -2.27. The zero-order valence-electron chi connectivity index (χ0n) is 16.1. The van der Waals surface area contributed by atoms with E-state index in [1.165, 1.54) is 0 Å². The van der Waals surface area contributed by atoms with E-state index in [9.17, 15) is 8.42 Å². The smallest absolute Gasteiger partial charge is 0.163 e. The van der Waals surface area contributed by atoms with Gasteiger partial charge in [0.05, 0.1) is 11.5 Å². The summed E-state index contributed by atoms with van der Waals surface area (Å²) in [6.07, 6.45) is 2.69. The van der Waals surface area contributed by atoms with E-state index < -0.39 is 9.84 Å². The Morgan fingerprint density at radius 2 is 1.81 bits per heavy atom. The highest BCUT2D eigenvalue weighted by atomic mass is 32.2. The normalized spacial score (nSPS) is 18.4. The second-order valence-corrected chi connectivity index (χ2v) is 9.26. The monoisotopic (exact) mass is 388 g/mol. The van der Waals surface area contributed by atoms with Crippen molar-refractivity contribution in [3.05, 3.63) is 36.4 Å². The molecular weight excluding hydrogens is 360 g/mol. The SMILES string of the molecule is CCCN(CCC)c1cc(NC2CCS(=O)(=O)C2)nc(-c2ccccc2)n1. The first-order chi connectivity index (χ1) is 13.0. The largest absolute Gasteiger partial charge is 0.366 e. The Hall–Kier alpha value is -2.15. The van der Waals surface area contributed by atoms with Gasteiger partial charge in [0.15, 0.2) is 15.7 Å². The minimum Gasteiger partial charge on any atom is -0.366 e. The highest BCUT2D eigenvalue weighted by Crippen LogP contribution is 2.25. The fourth-order valence-corrected chi connectivity index (χ4v) is 5.06. The topological polar surface area (TPSA) is 75.2 Å². The molecule has 2 aromatic rings. The van der Waals surface area contributed by atoms with Crippen molar-refractivity contribution in [2.45, 2.75) is 39.2 Å². The van der Waals surface area contributed by atoms with Crippen molar-refractivity contribution in [2.75, 3.05) is 34.8 Å². The summed E-state index contributed by atoms with van der Waals surface area (Å²) in [5.74, 6) is 2.65. The van der Waals surface area contributed by atoms with Gasteiger partial charge in [0.1, 0.15) is 11.6 Å². The van der Waals surface area contributed by atoms with Crippen molar-refractivity contribution >= 4 is 21.5 Å². The van der Waals surface area contributed by atoms with Crippen molar-refractivity contribution in [1.29, 1.82) is 0 Å². The molecule has 1 aromatic carbocycles. The second-order valence-electron chi connectivity index (χ2n) is 7.03. The number of rotatable bonds is 8. The molecule has 2 heterocycles. The van der Waals surface area contributed by atoms with Gasteiger partial charge in [-0.1, -0.05) is 44.2 Å². The van der Waals surface area contributed by atoms with Gasteiger partial charge in [-0.3, -0.25) is 0 Å². The van der Waals surface area contributed by atoms with Gasteiger partial charge in [-0.05, 0) is 19.3 Å². The molecule has 1 fully saturated rings. The summed E-state index contributed by atoms with van der Waals surface area (Å²) in [5, 5.41) is 3.33. The predicted molar refractivity (Wildman–Crippen MR) is 111 cm³/mol. The minimum absolute atomic E-state index is 0.0906. The van der Waals surface area contributed by atoms with Gasteiger partial charge in [-0.25, -0.2) is 18.4 Å². The third-order valence-corrected chi connectivity index (χ3v) is 6.41. The van der Waals surface area contributed by atoms with Crippen molar-refractivity contribution in [3.63, 3.8) is 0 Å². The highest BCUT2D eigenvalue weighted by Gasteiger charge is 2.28. The van der Waals surface area contributed by atoms with Crippen LogP contribution in [0, 0.1) is 0 Å². The molecule has 0 spiro atoms. The van der Waals surface area contributed by atoms with E-state index in [0.717, 1.165) is 37.3 Å². The Kier molecular flexibility index (Phi) is 6.31. The number of nitrogens with zero attached hydrogens (tertiary/aromatic N) is 3. The van der Waals surface area contributed by atoms with Crippen LogP contribution in [0.4, 0.5) is 11.6 Å². The van der Waals surface area contributed by atoms with Crippen LogP contribution in [0.25, 0.3) is 11.4 Å². The molecule has 146 valence electrons. The third-order valence-electron chi connectivity index (χ3n) is 4.64. The molecule has 0 radical (unpaired) electrons. The van der Waals surface area contributed by atoms with Crippen LogP contribution in [0.3, 0.4) is 0 Å². The Morgan fingerprint density at radius 3 is 2.41 bits per heavy atom. The van der Waals surface area contributed by atoms with Crippen LogP contribution < -0.4 is 10.2 Å². The van der Waals surface area contributed by atoms with Gasteiger partial charge in [0, 0.05) is 30.8 Å². The van der Waals surface area contributed by atoms with Crippen molar-refractivity contribution in [2.24, 2.45) is 0 Å². The van der Waals surface area contributed by atoms with Gasteiger partial charge < -0.3 is 10.2 Å². The molecule has 27 heavy (non-hydrogen) atoms. The third kappa shape index (κ3) is 5.19. The molecule has 1 aromatic heterocycles. The van der Waals surface area contributed by atoms with E-state index in [4.69, 9.17) is 4.98 Å². The molecule has 1 atom stereocenters. The number of sulfone groups is 1. The first-order valence-corrected chi connectivity index (χ1v) is 11.5. The zero-order valence-corrected chi connectivity index (χ0v) is 16.9. The number of anilines is 2. The summed E-state index contributed by atoms with van der Waals surface area (Å²) >= 11 is 0. The van der Waals surface area contributed by atoms with Crippen LogP contribution in [0.1, 0.15) is 33.1 Å². The number of hydrogen-bond acceptors (Lipinski definition) is 6. The van der Waals surface area contributed by atoms with Crippen molar-refractivity contribution in [3.8, 4) is 11.4 Å². The summed E-state index contributed by atoms with van der Waals surface area (Å²) < 4.78 is 23.6. The number of aromatic nitrogens is 2. The first-order valence-electron chi connectivity index (χ1n) is 9.67. The first kappa shape index (κ1) is 19.6. The fraction of sp³-hybridized carbons (Fsp3) is 0.500. The number of hydrogen-bond donors (Lipinski definition) is 1. The average molecular weight is 389 g/mol. The molecule has 0 saturated carbocycles. The molecule has 3 rings (SSSR count). The van der Waals surface area contributed by atoms with E-state index >= 15 is 0 Å². The Bertz CT molecular complexity index is 850. The lowest BCUT2D eigenvalue weighted by molar-refractivity contribution is 0.602. The van der Waals surface area contributed by atoms with Crippen molar-refractivity contribution < 1.29 is 8.42 Å². The molecule has 0 bridgehead atoms. The lowest BCUT2D eigenvalue weighted by atomic mass is 10.2. The van der Waals surface area contributed by atoms with Crippen LogP contribution in [-0.2, 0) is 9.84 Å². The predicted octanol–water partition coefficient (Wildman–Crippen LogP) is 3.37. The quantitative estimate of drug-likeness (QED) is 0.747. The maximum absolute atomic E-state index is 11.8. The summed E-state index contributed by atoms with van der Waals surface area (Å²) in [5.41, 5.74) is 0.953. The van der Waals surface area contributed by atoms with Crippen LogP contribution >= 0.6 is 0 Å². The van der Waals surface area contributed by atoms with E-state index in [1.54, 1.807) is 0 Å². The molecule has 1 saturated heterocycles. The maximum atomic E-state index is 11.8. The number of nitrogens with one attached hydrogen (secondary N) is 1. The molecule has 1 unspecified atom stereocenters. The zero-order chi connectivity index (χ0) is 19.3. The molecular formula is C20H28N4O2S. The summed E-state index contributed by atoms with van der Waals surface area (Å²) in [7, 11) is -2.94. The summed E-state index contributed by atoms with van der Waals surface area (Å²) in [6.45, 7) is 6.17. The average Bonchev–Trinajstić information content (AvgIpc) is 3.00. The van der Waals surface area contributed by atoms with Gasteiger partial charge in [-0.15, -0.1) is 0 Å². The standard InChI is InChI=1S/C20H28N4O2S/c1-3-11-24(12-4-2)19-14-18(21-17-10-13-27(25,26)15-17)22-20(23-19)16-8-6-5-7-9-16/h5-9,14,17H,3-4,10-13,15H2,1-2H3,(H,21,22,23). The molecule has 1 aliphatic rings. The molecule has 0 amide bonds. The van der Waals surface area contributed by atoms with E-state index in [2.05, 4.69) is 29.0 Å². The van der Waals surface area contributed by atoms with E-state index in [-0.39, 0.29) is 17.5 Å². The van der Waals surface area contributed by atoms with Gasteiger partial charge in [0.2, 0.25) is 0 Å². The van der Waals surface area contributed by atoms with Crippen LogP contribution in [0.5, 0.6) is 0 Å². The summed E-state index contributed by atoms with van der Waals surface area (Å²) in [4.78, 5) is 11.7. The van der Waals surface area contributed by atoms with Crippen molar-refractivity contribution in [1.82, 2.24) is 9.97 Å². The molecule has 0 aliphatic carbocycles. The second kappa shape index (κ2) is 8.69. The molecule has 1 aliphatic heterocycles. The molecule has 7 heteroatoms. The Balaban J connectivity index is 1.95. The summed E-state index contributed by atoms with van der Waals surface area (Å²) in [6, 6.07) is 11.8. The van der Waals surface area contributed by atoms with E-state index in [1.807, 2.05) is 36.4 Å². The van der Waals surface area contributed by atoms with Crippen LogP contribution in [-0.4, -0.2) is 49.0 Å². The van der Waals surface area contributed by atoms with Gasteiger partial charge >= 0.3 is 0 Å². The van der Waals surface area contributed by atoms with E-state index in [0.29, 0.717) is 18.1 Å². The van der Waals surface area contributed by atoms with Crippen LogP contribution in [0.2, 0.25) is 0 Å².